The largest absolute Gasteiger partial charge is 0.486 e. The van der Waals surface area contributed by atoms with E-state index in [-0.39, 0.29) is 0 Å². The average molecular weight is 418 g/mol. The van der Waals surface area contributed by atoms with Gasteiger partial charge in [0.2, 0.25) is 5.95 Å². The van der Waals surface area contributed by atoms with Crippen LogP contribution in [-0.2, 0) is 16.3 Å². The molecule has 2 N–H and O–H groups in total. The summed E-state index contributed by atoms with van der Waals surface area (Å²) in [6.45, 7) is 4.80. The fourth-order valence-corrected chi connectivity index (χ4v) is 4.14. The maximum absolute atomic E-state index is 11.7. The first-order valence-corrected chi connectivity index (χ1v) is 11.9. The van der Waals surface area contributed by atoms with Crippen LogP contribution >= 0.6 is 0 Å². The molecule has 0 bridgehead atoms. The Balaban J connectivity index is 1.23. The highest BCUT2D eigenvalue weighted by Gasteiger charge is 2.21. The van der Waals surface area contributed by atoms with Gasteiger partial charge in [0.25, 0.3) is 0 Å². The van der Waals surface area contributed by atoms with Crippen LogP contribution in [0.1, 0.15) is 18.4 Å². The minimum Gasteiger partial charge on any atom is -0.486 e. The molecule has 29 heavy (non-hydrogen) atoms. The molecule has 2 aliphatic heterocycles. The quantitative estimate of drug-likeness (QED) is 0.744. The fourth-order valence-electron chi connectivity index (χ4n) is 3.63. The molecule has 1 atom stereocenters. The fraction of sp³-hybridized carbons (Fsp3) is 0.500. The molecule has 0 unspecified atom stereocenters. The van der Waals surface area contributed by atoms with E-state index in [4.69, 9.17) is 14.3 Å². The standard InChI is InChI=1S/C20H27N5O3S/c1-29(21,26)17-13-23-20(24-14-17)25-6-4-15(5-7-25)11-22-12-16-2-3-18-19(10-16)28-9-8-27-18/h2-3,10,13-15,21-22H,4-9,11-12H2,1H3/t29-/m0/s1. The van der Waals surface area contributed by atoms with E-state index < -0.39 is 9.73 Å². The zero-order chi connectivity index (χ0) is 20.3. The van der Waals surface area contributed by atoms with Crippen LogP contribution in [0.5, 0.6) is 11.5 Å². The maximum atomic E-state index is 11.7. The Morgan fingerprint density at radius 3 is 2.55 bits per heavy atom. The summed E-state index contributed by atoms with van der Waals surface area (Å²) >= 11 is 0. The van der Waals surface area contributed by atoms with E-state index in [0.717, 1.165) is 50.5 Å². The second-order valence-corrected chi connectivity index (χ2v) is 9.76. The van der Waals surface area contributed by atoms with Crippen molar-refractivity contribution < 1.29 is 13.7 Å². The molecule has 1 fully saturated rings. The van der Waals surface area contributed by atoms with E-state index in [9.17, 15) is 4.21 Å². The Hall–Kier alpha value is -2.39. The predicted octanol–water partition coefficient (Wildman–Crippen LogP) is 2.29. The number of hydrogen-bond acceptors (Lipinski definition) is 8. The third kappa shape index (κ3) is 4.97. The molecule has 8 nitrogen and oxygen atoms in total. The lowest BCUT2D eigenvalue weighted by Crippen LogP contribution is -2.38. The summed E-state index contributed by atoms with van der Waals surface area (Å²) in [4.78, 5) is 11.1. The Bertz CT molecular complexity index is 941. The molecule has 2 aliphatic rings. The molecule has 0 saturated carbocycles. The van der Waals surface area contributed by atoms with E-state index in [1.165, 1.54) is 24.2 Å². The Morgan fingerprint density at radius 2 is 1.86 bits per heavy atom. The maximum Gasteiger partial charge on any atom is 0.225 e. The predicted molar refractivity (Wildman–Crippen MR) is 111 cm³/mol. The van der Waals surface area contributed by atoms with Crippen LogP contribution in [0, 0.1) is 10.7 Å². The molecule has 156 valence electrons. The lowest BCUT2D eigenvalue weighted by atomic mass is 9.97. The van der Waals surface area contributed by atoms with Crippen molar-refractivity contribution in [2.75, 3.05) is 44.0 Å². The van der Waals surface area contributed by atoms with Crippen molar-refractivity contribution in [2.45, 2.75) is 24.3 Å². The van der Waals surface area contributed by atoms with Crippen molar-refractivity contribution in [3.8, 4) is 11.5 Å². The van der Waals surface area contributed by atoms with Crippen molar-refractivity contribution in [1.82, 2.24) is 15.3 Å². The molecular formula is C20H27N5O3S. The van der Waals surface area contributed by atoms with Crippen LogP contribution in [0.4, 0.5) is 5.95 Å². The SMILES string of the molecule is C[S@](=N)(=O)c1cnc(N2CCC(CNCc3ccc4c(c3)OCCO4)CC2)nc1. The van der Waals surface area contributed by atoms with Gasteiger partial charge in [-0.05, 0) is 43.0 Å². The van der Waals surface area contributed by atoms with Gasteiger partial charge in [-0.2, -0.15) is 0 Å². The number of nitrogens with zero attached hydrogens (tertiary/aromatic N) is 3. The molecule has 9 heteroatoms. The summed E-state index contributed by atoms with van der Waals surface area (Å²) in [5, 5.41) is 3.56. The number of rotatable bonds is 6. The number of hydrogen-bond donors (Lipinski definition) is 2. The second-order valence-electron chi connectivity index (χ2n) is 7.60. The van der Waals surface area contributed by atoms with Crippen molar-refractivity contribution >= 4 is 15.7 Å². The number of fused-ring (bicyclic) bond motifs is 1. The topological polar surface area (TPSA) is 100 Å². The van der Waals surface area contributed by atoms with E-state index >= 15 is 0 Å². The summed E-state index contributed by atoms with van der Waals surface area (Å²) in [5.74, 6) is 2.93. The molecule has 2 aromatic rings. The van der Waals surface area contributed by atoms with E-state index in [1.54, 1.807) is 0 Å². The minimum atomic E-state index is -2.76. The highest BCUT2D eigenvalue weighted by molar-refractivity contribution is 7.91. The molecule has 1 aromatic heterocycles. The highest BCUT2D eigenvalue weighted by atomic mass is 32.2. The molecular weight excluding hydrogens is 390 g/mol. The molecule has 3 heterocycles. The molecule has 0 spiro atoms. The van der Waals surface area contributed by atoms with Gasteiger partial charge in [-0.25, -0.2) is 19.0 Å². The van der Waals surface area contributed by atoms with Crippen LogP contribution < -0.4 is 19.7 Å². The lowest BCUT2D eigenvalue weighted by Gasteiger charge is -2.32. The smallest absolute Gasteiger partial charge is 0.225 e. The number of anilines is 1. The van der Waals surface area contributed by atoms with Gasteiger partial charge in [0, 0.05) is 38.3 Å². The Kier molecular flexibility index (Phi) is 5.86. The minimum absolute atomic E-state index is 0.375. The van der Waals surface area contributed by atoms with Gasteiger partial charge in [-0.1, -0.05) is 6.07 Å². The number of piperidine rings is 1. The van der Waals surface area contributed by atoms with Gasteiger partial charge in [0.15, 0.2) is 11.5 Å². The number of nitrogens with one attached hydrogen (secondary N) is 2. The summed E-state index contributed by atoms with van der Waals surface area (Å²) < 4.78 is 30.6. The third-order valence-electron chi connectivity index (χ3n) is 5.33. The van der Waals surface area contributed by atoms with Crippen molar-refractivity contribution in [1.29, 1.82) is 4.78 Å². The van der Waals surface area contributed by atoms with E-state index in [1.807, 2.05) is 6.07 Å². The number of benzene rings is 1. The highest BCUT2D eigenvalue weighted by Crippen LogP contribution is 2.30. The van der Waals surface area contributed by atoms with E-state index in [0.29, 0.717) is 30.0 Å². The Morgan fingerprint density at radius 1 is 1.17 bits per heavy atom. The van der Waals surface area contributed by atoms with Crippen LogP contribution in [0.15, 0.2) is 35.5 Å². The van der Waals surface area contributed by atoms with Crippen LogP contribution in [0.2, 0.25) is 0 Å². The first kappa shape index (κ1) is 19.9. The van der Waals surface area contributed by atoms with Gasteiger partial charge in [-0.3, -0.25) is 0 Å². The van der Waals surface area contributed by atoms with Gasteiger partial charge in [0.1, 0.15) is 13.2 Å². The molecule has 1 saturated heterocycles. The van der Waals surface area contributed by atoms with Crippen LogP contribution in [-0.4, -0.2) is 53.3 Å². The summed E-state index contributed by atoms with van der Waals surface area (Å²) in [6.07, 6.45) is 6.55. The molecule has 0 aliphatic carbocycles. The third-order valence-corrected chi connectivity index (χ3v) is 6.44. The molecule has 1 aromatic carbocycles. The van der Waals surface area contributed by atoms with Gasteiger partial charge in [-0.15, -0.1) is 0 Å². The van der Waals surface area contributed by atoms with Crippen LogP contribution in [0.3, 0.4) is 0 Å². The Labute approximate surface area is 171 Å². The first-order valence-electron chi connectivity index (χ1n) is 9.89. The van der Waals surface area contributed by atoms with Gasteiger partial charge >= 0.3 is 0 Å². The first-order chi connectivity index (χ1) is 14.0. The average Bonchev–Trinajstić information content (AvgIpc) is 2.74. The van der Waals surface area contributed by atoms with E-state index in [2.05, 4.69) is 32.3 Å². The monoisotopic (exact) mass is 417 g/mol. The van der Waals surface area contributed by atoms with Gasteiger partial charge < -0.3 is 19.7 Å². The molecule has 4 rings (SSSR count). The van der Waals surface area contributed by atoms with Crippen molar-refractivity contribution in [3.05, 3.63) is 36.2 Å². The lowest BCUT2D eigenvalue weighted by molar-refractivity contribution is 0.171. The van der Waals surface area contributed by atoms with Gasteiger partial charge in [0.05, 0.1) is 14.6 Å². The zero-order valence-electron chi connectivity index (χ0n) is 16.6. The number of ether oxygens (including phenoxy) is 2. The van der Waals surface area contributed by atoms with Crippen LogP contribution in [0.25, 0.3) is 0 Å². The summed E-state index contributed by atoms with van der Waals surface area (Å²) in [7, 11) is -2.76. The summed E-state index contributed by atoms with van der Waals surface area (Å²) in [6, 6.07) is 6.11. The normalized spacial score (nSPS) is 19.0. The summed E-state index contributed by atoms with van der Waals surface area (Å²) in [5.41, 5.74) is 1.20. The van der Waals surface area contributed by atoms with Crippen molar-refractivity contribution in [3.63, 3.8) is 0 Å². The second kappa shape index (κ2) is 8.54. The van der Waals surface area contributed by atoms with Crippen molar-refractivity contribution in [2.24, 2.45) is 5.92 Å². The molecule has 0 radical (unpaired) electrons. The number of aromatic nitrogens is 2. The zero-order valence-corrected chi connectivity index (χ0v) is 17.4. The molecule has 0 amide bonds.